The number of aromatic nitrogens is 2. The zero-order valence-corrected chi connectivity index (χ0v) is 16.5. The van der Waals surface area contributed by atoms with Gasteiger partial charge < -0.3 is 10.1 Å². The fourth-order valence-corrected chi connectivity index (χ4v) is 3.07. The molecule has 7 heteroatoms. The van der Waals surface area contributed by atoms with Gasteiger partial charge in [0.25, 0.3) is 5.91 Å². The quantitative estimate of drug-likeness (QED) is 0.697. The third-order valence-corrected chi connectivity index (χ3v) is 4.52. The van der Waals surface area contributed by atoms with E-state index in [0.29, 0.717) is 18.7 Å². The zero-order valence-electron chi connectivity index (χ0n) is 16.5. The summed E-state index contributed by atoms with van der Waals surface area (Å²) in [6, 6.07) is 13.1. The minimum absolute atomic E-state index is 0.170. The number of carbonyl (C=O) groups is 1. The number of methoxy groups -OCH3 is 1. The highest BCUT2D eigenvalue weighted by Gasteiger charge is 2.16. The van der Waals surface area contributed by atoms with Gasteiger partial charge in [-0.3, -0.25) is 9.59 Å². The number of para-hydroxylation sites is 1. The van der Waals surface area contributed by atoms with Crippen molar-refractivity contribution in [2.45, 2.75) is 20.3 Å². The minimum Gasteiger partial charge on any atom is -0.496 e. The van der Waals surface area contributed by atoms with E-state index in [4.69, 9.17) is 4.74 Å². The molecule has 1 aromatic heterocycles. The van der Waals surface area contributed by atoms with Gasteiger partial charge in [-0.05, 0) is 44.0 Å². The summed E-state index contributed by atoms with van der Waals surface area (Å²) in [5.74, 6) is -0.364. The van der Waals surface area contributed by atoms with Gasteiger partial charge in [0.05, 0.1) is 7.11 Å². The molecule has 1 amide bonds. The normalized spacial score (nSPS) is 10.6. The van der Waals surface area contributed by atoms with Gasteiger partial charge in [0.15, 0.2) is 5.69 Å². The maximum atomic E-state index is 14.1. The van der Waals surface area contributed by atoms with Crippen LogP contribution in [-0.4, -0.2) is 29.3 Å². The van der Waals surface area contributed by atoms with Crippen LogP contribution in [0.15, 0.2) is 53.3 Å². The lowest BCUT2D eigenvalue weighted by molar-refractivity contribution is 0.0946. The van der Waals surface area contributed by atoms with E-state index in [1.54, 1.807) is 26.2 Å². The van der Waals surface area contributed by atoms with Gasteiger partial charge in [0.1, 0.15) is 17.3 Å². The van der Waals surface area contributed by atoms with E-state index in [1.165, 1.54) is 22.9 Å². The summed E-state index contributed by atoms with van der Waals surface area (Å²) in [5.41, 5.74) is 1.84. The van der Waals surface area contributed by atoms with E-state index >= 15 is 0 Å². The molecule has 0 unspecified atom stereocenters. The molecule has 0 radical (unpaired) electrons. The number of nitrogens with zero attached hydrogens (tertiary/aromatic N) is 2. The van der Waals surface area contributed by atoms with Gasteiger partial charge in [-0.25, -0.2) is 9.07 Å². The van der Waals surface area contributed by atoms with Crippen molar-refractivity contribution in [3.8, 4) is 11.4 Å². The topological polar surface area (TPSA) is 73.2 Å². The summed E-state index contributed by atoms with van der Waals surface area (Å²) >= 11 is 0. The Balaban J connectivity index is 1.80. The molecule has 29 heavy (non-hydrogen) atoms. The van der Waals surface area contributed by atoms with Crippen molar-refractivity contribution in [2.24, 2.45) is 0 Å². The number of aryl methyl sites for hydroxylation is 2. The lowest BCUT2D eigenvalue weighted by Gasteiger charge is -2.12. The molecular weight excluding hydrogens is 373 g/mol. The van der Waals surface area contributed by atoms with Crippen LogP contribution < -0.4 is 15.5 Å². The average molecular weight is 395 g/mol. The van der Waals surface area contributed by atoms with Crippen molar-refractivity contribution in [3.05, 3.63) is 87.1 Å². The lowest BCUT2D eigenvalue weighted by atomic mass is 10.1. The van der Waals surface area contributed by atoms with Crippen LogP contribution in [0.3, 0.4) is 0 Å². The van der Waals surface area contributed by atoms with Crippen LogP contribution in [0.2, 0.25) is 0 Å². The first kappa shape index (κ1) is 20.3. The summed E-state index contributed by atoms with van der Waals surface area (Å²) in [5, 5.41) is 6.81. The number of hydrogen-bond donors (Lipinski definition) is 1. The van der Waals surface area contributed by atoms with Gasteiger partial charge in [0.2, 0.25) is 5.43 Å². The number of halogens is 1. The molecule has 2 aromatic carbocycles. The van der Waals surface area contributed by atoms with Crippen molar-refractivity contribution < 1.29 is 13.9 Å². The molecule has 0 saturated carbocycles. The molecule has 150 valence electrons. The Kier molecular flexibility index (Phi) is 6.07. The third kappa shape index (κ3) is 4.51. The number of nitrogens with one attached hydrogen (secondary N) is 1. The molecule has 0 aliphatic heterocycles. The molecule has 0 fully saturated rings. The van der Waals surface area contributed by atoms with Crippen LogP contribution in [0.5, 0.6) is 5.75 Å². The van der Waals surface area contributed by atoms with Crippen LogP contribution >= 0.6 is 0 Å². The molecule has 3 aromatic rings. The molecule has 3 rings (SSSR count). The van der Waals surface area contributed by atoms with E-state index in [2.05, 4.69) is 10.4 Å². The molecule has 0 aliphatic rings. The first-order chi connectivity index (χ1) is 13.9. The third-order valence-electron chi connectivity index (χ3n) is 4.52. The number of hydrogen-bond acceptors (Lipinski definition) is 4. The van der Waals surface area contributed by atoms with Crippen LogP contribution in [0, 0.1) is 19.7 Å². The molecule has 0 aliphatic carbocycles. The highest BCUT2D eigenvalue weighted by Crippen LogP contribution is 2.19. The zero-order chi connectivity index (χ0) is 21.0. The lowest BCUT2D eigenvalue weighted by Crippen LogP contribution is -2.33. The summed E-state index contributed by atoms with van der Waals surface area (Å²) in [7, 11) is 1.59. The largest absolute Gasteiger partial charge is 0.496 e. The summed E-state index contributed by atoms with van der Waals surface area (Å²) in [6.45, 7) is 3.91. The second kappa shape index (κ2) is 8.68. The van der Waals surface area contributed by atoms with Crippen molar-refractivity contribution in [3.63, 3.8) is 0 Å². The Morgan fingerprint density at radius 2 is 1.93 bits per heavy atom. The first-order valence-corrected chi connectivity index (χ1v) is 9.18. The van der Waals surface area contributed by atoms with Crippen molar-refractivity contribution in [1.82, 2.24) is 15.1 Å². The van der Waals surface area contributed by atoms with E-state index < -0.39 is 17.2 Å². The van der Waals surface area contributed by atoms with Crippen molar-refractivity contribution in [2.75, 3.05) is 13.7 Å². The Morgan fingerprint density at radius 1 is 1.17 bits per heavy atom. The van der Waals surface area contributed by atoms with Crippen molar-refractivity contribution in [1.29, 1.82) is 0 Å². The second-order valence-electron chi connectivity index (χ2n) is 6.68. The molecule has 0 saturated heterocycles. The maximum Gasteiger partial charge on any atom is 0.275 e. The fraction of sp³-hybridized carbons (Fsp3) is 0.227. The van der Waals surface area contributed by atoms with Crippen LogP contribution in [0.4, 0.5) is 4.39 Å². The number of ether oxygens (including phenoxy) is 1. The highest BCUT2D eigenvalue weighted by atomic mass is 19.1. The molecule has 1 heterocycles. The fourth-order valence-electron chi connectivity index (χ4n) is 3.07. The summed E-state index contributed by atoms with van der Waals surface area (Å²) < 4.78 is 20.7. The van der Waals surface area contributed by atoms with Crippen LogP contribution in [-0.2, 0) is 6.42 Å². The van der Waals surface area contributed by atoms with E-state index in [1.807, 2.05) is 25.1 Å². The molecule has 1 N–H and O–H groups in total. The Morgan fingerprint density at radius 3 is 2.66 bits per heavy atom. The molecule has 0 bridgehead atoms. The molecular formula is C22H22FN3O3. The van der Waals surface area contributed by atoms with E-state index in [-0.39, 0.29) is 11.4 Å². The standard InChI is InChI=1S/C22H22FN3O3/c1-14-8-9-20(29-3)16(12-14)10-11-24-22(28)21-19(27)13-15(2)26(25-21)18-7-5-4-6-17(18)23/h4-9,12-13H,10-11H2,1-3H3,(H,24,28). The van der Waals surface area contributed by atoms with Crippen LogP contribution in [0.1, 0.15) is 27.3 Å². The SMILES string of the molecule is COc1ccc(C)cc1CCNC(=O)c1nn(-c2ccccc2F)c(C)cc1=O. The maximum absolute atomic E-state index is 14.1. The summed E-state index contributed by atoms with van der Waals surface area (Å²) in [4.78, 5) is 24.8. The molecule has 0 atom stereocenters. The van der Waals surface area contributed by atoms with Crippen LogP contribution in [0.25, 0.3) is 5.69 Å². The van der Waals surface area contributed by atoms with E-state index in [0.717, 1.165) is 16.9 Å². The predicted molar refractivity (Wildman–Crippen MR) is 108 cm³/mol. The van der Waals surface area contributed by atoms with Gasteiger partial charge >= 0.3 is 0 Å². The van der Waals surface area contributed by atoms with Gasteiger partial charge in [-0.15, -0.1) is 0 Å². The van der Waals surface area contributed by atoms with Gasteiger partial charge in [-0.1, -0.05) is 29.8 Å². The highest BCUT2D eigenvalue weighted by molar-refractivity contribution is 5.92. The number of amides is 1. The minimum atomic E-state index is -0.605. The molecule has 0 spiro atoms. The molecule has 6 nitrogen and oxygen atoms in total. The number of carbonyl (C=O) groups excluding carboxylic acids is 1. The smallest absolute Gasteiger partial charge is 0.275 e. The Bertz CT molecular complexity index is 1110. The monoisotopic (exact) mass is 395 g/mol. The van der Waals surface area contributed by atoms with Crippen molar-refractivity contribution >= 4 is 5.91 Å². The second-order valence-corrected chi connectivity index (χ2v) is 6.68. The number of rotatable bonds is 6. The van der Waals surface area contributed by atoms with Gasteiger partial charge in [0, 0.05) is 18.3 Å². The Hall–Kier alpha value is -3.48. The Labute approximate surface area is 168 Å². The number of benzene rings is 2. The average Bonchev–Trinajstić information content (AvgIpc) is 2.69. The summed E-state index contributed by atoms with van der Waals surface area (Å²) in [6.07, 6.45) is 0.532. The predicted octanol–water partition coefficient (Wildman–Crippen LogP) is 2.97. The first-order valence-electron chi connectivity index (χ1n) is 9.18. The van der Waals surface area contributed by atoms with Gasteiger partial charge in [-0.2, -0.15) is 5.10 Å². The van der Waals surface area contributed by atoms with E-state index in [9.17, 15) is 14.0 Å².